The molecule has 2 heterocycles. The van der Waals surface area contributed by atoms with E-state index in [0.717, 1.165) is 25.9 Å². The topological polar surface area (TPSA) is 62.7 Å². The van der Waals surface area contributed by atoms with Crippen molar-refractivity contribution in [3.05, 3.63) is 23.9 Å². The Morgan fingerprint density at radius 3 is 2.74 bits per heavy atom. The van der Waals surface area contributed by atoms with Gasteiger partial charge in [0.25, 0.3) is 0 Å². The fourth-order valence-electron chi connectivity index (χ4n) is 2.32. The van der Waals surface area contributed by atoms with Crippen molar-refractivity contribution in [1.29, 1.82) is 0 Å². The largest absolute Gasteiger partial charge is 0.477 e. The van der Waals surface area contributed by atoms with Gasteiger partial charge in [0.1, 0.15) is 11.7 Å². The number of hydrogen-bond acceptors (Lipinski definition) is 4. The van der Waals surface area contributed by atoms with E-state index in [4.69, 9.17) is 9.84 Å². The zero-order valence-electron chi connectivity index (χ0n) is 11.4. The predicted octanol–water partition coefficient (Wildman–Crippen LogP) is 2.03. The first-order valence-electron chi connectivity index (χ1n) is 6.67. The first-order chi connectivity index (χ1) is 9.08. The van der Waals surface area contributed by atoms with Crippen molar-refractivity contribution in [2.45, 2.75) is 38.8 Å². The summed E-state index contributed by atoms with van der Waals surface area (Å²) in [6.45, 7) is 6.33. The average Bonchev–Trinajstić information content (AvgIpc) is 2.39. The van der Waals surface area contributed by atoms with Crippen molar-refractivity contribution in [3.8, 4) is 5.88 Å². The monoisotopic (exact) mass is 264 g/mol. The molecular formula is C14H20N2O3. The number of pyridine rings is 1. The first kappa shape index (κ1) is 13.8. The molecule has 2 rings (SSSR count). The third-order valence-electron chi connectivity index (χ3n) is 3.49. The van der Waals surface area contributed by atoms with E-state index in [-0.39, 0.29) is 17.5 Å². The molecule has 0 unspecified atom stereocenters. The van der Waals surface area contributed by atoms with Crippen LogP contribution in [0.2, 0.25) is 0 Å². The van der Waals surface area contributed by atoms with Crippen LogP contribution < -0.4 is 4.74 Å². The van der Waals surface area contributed by atoms with Crippen LogP contribution in [0.3, 0.4) is 0 Å². The number of piperidine rings is 1. The normalized spacial score (nSPS) is 17.6. The Kier molecular flexibility index (Phi) is 4.37. The van der Waals surface area contributed by atoms with Crippen LogP contribution in [-0.2, 0) is 0 Å². The van der Waals surface area contributed by atoms with E-state index in [0.29, 0.717) is 6.04 Å². The molecule has 0 amide bonds. The van der Waals surface area contributed by atoms with Crippen molar-refractivity contribution in [1.82, 2.24) is 9.88 Å². The fourth-order valence-corrected chi connectivity index (χ4v) is 2.32. The Morgan fingerprint density at radius 1 is 1.47 bits per heavy atom. The number of likely N-dealkylation sites (tertiary alicyclic amines) is 1. The quantitative estimate of drug-likeness (QED) is 0.901. The molecule has 104 valence electrons. The highest BCUT2D eigenvalue weighted by molar-refractivity contribution is 5.90. The first-order valence-corrected chi connectivity index (χ1v) is 6.67. The molecule has 1 saturated heterocycles. The van der Waals surface area contributed by atoms with Gasteiger partial charge in [-0.2, -0.15) is 0 Å². The van der Waals surface area contributed by atoms with Crippen LogP contribution in [0.5, 0.6) is 5.88 Å². The standard InChI is InChI=1S/C14H20N2O3/c1-10(2)16-8-5-11(6-9-16)19-13-12(14(17)18)4-3-7-15-13/h3-4,7,10-11H,5-6,8-9H2,1-2H3,(H,17,18). The van der Waals surface area contributed by atoms with E-state index in [1.807, 2.05) is 0 Å². The second-order valence-corrected chi connectivity index (χ2v) is 5.11. The summed E-state index contributed by atoms with van der Waals surface area (Å²) in [7, 11) is 0. The van der Waals surface area contributed by atoms with Crippen LogP contribution >= 0.6 is 0 Å². The van der Waals surface area contributed by atoms with Crippen molar-refractivity contribution in [2.24, 2.45) is 0 Å². The van der Waals surface area contributed by atoms with Crippen LogP contribution in [0.25, 0.3) is 0 Å². The van der Waals surface area contributed by atoms with Gasteiger partial charge in [0.2, 0.25) is 5.88 Å². The molecule has 0 aliphatic carbocycles. The van der Waals surface area contributed by atoms with Crippen molar-refractivity contribution in [2.75, 3.05) is 13.1 Å². The lowest BCUT2D eigenvalue weighted by Gasteiger charge is -2.34. The second-order valence-electron chi connectivity index (χ2n) is 5.11. The lowest BCUT2D eigenvalue weighted by molar-refractivity contribution is 0.0658. The van der Waals surface area contributed by atoms with Crippen molar-refractivity contribution < 1.29 is 14.6 Å². The molecule has 0 atom stereocenters. The molecule has 0 radical (unpaired) electrons. The summed E-state index contributed by atoms with van der Waals surface area (Å²) in [5.74, 6) is -0.763. The third kappa shape index (κ3) is 3.44. The number of aromatic carboxylic acids is 1. The van der Waals surface area contributed by atoms with Gasteiger partial charge in [-0.15, -0.1) is 0 Å². The van der Waals surface area contributed by atoms with Gasteiger partial charge in [-0.1, -0.05) is 0 Å². The number of carboxylic acid groups (broad SMARTS) is 1. The van der Waals surface area contributed by atoms with E-state index in [1.165, 1.54) is 6.07 Å². The van der Waals surface area contributed by atoms with Crippen LogP contribution in [0.4, 0.5) is 0 Å². The minimum Gasteiger partial charge on any atom is -0.477 e. The lowest BCUT2D eigenvalue weighted by atomic mass is 10.1. The minimum absolute atomic E-state index is 0.0583. The van der Waals surface area contributed by atoms with Crippen LogP contribution in [0, 0.1) is 0 Å². The van der Waals surface area contributed by atoms with Crippen LogP contribution in [0.15, 0.2) is 18.3 Å². The number of carbonyl (C=O) groups is 1. The molecule has 1 aliphatic rings. The maximum absolute atomic E-state index is 11.1. The zero-order chi connectivity index (χ0) is 13.8. The average molecular weight is 264 g/mol. The molecule has 1 aliphatic heterocycles. The van der Waals surface area contributed by atoms with Crippen LogP contribution in [-0.4, -0.2) is 46.2 Å². The van der Waals surface area contributed by atoms with Gasteiger partial charge < -0.3 is 14.7 Å². The number of rotatable bonds is 4. The van der Waals surface area contributed by atoms with E-state index in [2.05, 4.69) is 23.7 Å². The predicted molar refractivity (Wildman–Crippen MR) is 71.6 cm³/mol. The van der Waals surface area contributed by atoms with Gasteiger partial charge in [-0.3, -0.25) is 0 Å². The smallest absolute Gasteiger partial charge is 0.341 e. The molecule has 0 bridgehead atoms. The maximum atomic E-state index is 11.1. The number of hydrogen-bond donors (Lipinski definition) is 1. The third-order valence-corrected chi connectivity index (χ3v) is 3.49. The zero-order valence-corrected chi connectivity index (χ0v) is 11.4. The summed E-state index contributed by atoms with van der Waals surface area (Å²) in [4.78, 5) is 17.5. The summed E-state index contributed by atoms with van der Waals surface area (Å²) >= 11 is 0. The molecule has 5 heteroatoms. The highest BCUT2D eigenvalue weighted by Crippen LogP contribution is 2.21. The number of nitrogens with zero attached hydrogens (tertiary/aromatic N) is 2. The highest BCUT2D eigenvalue weighted by Gasteiger charge is 2.24. The Morgan fingerprint density at radius 2 is 2.16 bits per heavy atom. The highest BCUT2D eigenvalue weighted by atomic mass is 16.5. The van der Waals surface area contributed by atoms with Crippen LogP contribution in [0.1, 0.15) is 37.0 Å². The molecular weight excluding hydrogens is 244 g/mol. The molecule has 1 fully saturated rings. The Hall–Kier alpha value is -1.62. The molecule has 0 saturated carbocycles. The Balaban J connectivity index is 1.98. The fraction of sp³-hybridized carbons (Fsp3) is 0.571. The Bertz CT molecular complexity index is 440. The Labute approximate surface area is 113 Å². The summed E-state index contributed by atoms with van der Waals surface area (Å²) in [5.41, 5.74) is 0.133. The number of aromatic nitrogens is 1. The van der Waals surface area contributed by atoms with Crippen molar-refractivity contribution in [3.63, 3.8) is 0 Å². The molecule has 1 aromatic rings. The van der Waals surface area contributed by atoms with E-state index in [1.54, 1.807) is 12.3 Å². The van der Waals surface area contributed by atoms with Gasteiger partial charge >= 0.3 is 5.97 Å². The number of ether oxygens (including phenoxy) is 1. The summed E-state index contributed by atoms with van der Waals surface area (Å²) in [6, 6.07) is 3.68. The summed E-state index contributed by atoms with van der Waals surface area (Å²) < 4.78 is 5.76. The second kappa shape index (κ2) is 6.02. The lowest BCUT2D eigenvalue weighted by Crippen LogP contribution is -2.42. The SMILES string of the molecule is CC(C)N1CCC(Oc2ncccc2C(=O)O)CC1. The molecule has 5 nitrogen and oxygen atoms in total. The summed E-state index contributed by atoms with van der Waals surface area (Å²) in [5, 5.41) is 9.08. The van der Waals surface area contributed by atoms with E-state index in [9.17, 15) is 4.79 Å². The molecule has 1 aromatic heterocycles. The van der Waals surface area contributed by atoms with E-state index >= 15 is 0 Å². The van der Waals surface area contributed by atoms with Gasteiger partial charge in [0.15, 0.2) is 0 Å². The molecule has 0 spiro atoms. The molecule has 19 heavy (non-hydrogen) atoms. The summed E-state index contributed by atoms with van der Waals surface area (Å²) in [6.07, 6.45) is 3.44. The van der Waals surface area contributed by atoms with Gasteiger partial charge in [-0.05, 0) is 38.8 Å². The minimum atomic E-state index is -0.997. The maximum Gasteiger partial charge on any atom is 0.341 e. The van der Waals surface area contributed by atoms with Gasteiger partial charge in [-0.25, -0.2) is 9.78 Å². The van der Waals surface area contributed by atoms with Gasteiger partial charge in [0.05, 0.1) is 0 Å². The van der Waals surface area contributed by atoms with E-state index < -0.39 is 5.97 Å². The van der Waals surface area contributed by atoms with Crippen molar-refractivity contribution >= 4 is 5.97 Å². The molecule has 0 aromatic carbocycles. The molecule has 1 N–H and O–H groups in total. The number of carboxylic acids is 1. The van der Waals surface area contributed by atoms with Gasteiger partial charge in [0, 0.05) is 25.3 Å².